The molecule has 3 rings (SSSR count). The molecule has 0 aliphatic carbocycles. The number of piperidine rings is 1. The number of carbonyl (C=O) groups is 1. The van der Waals surface area contributed by atoms with Crippen LogP contribution in [-0.2, 0) is 0 Å². The highest BCUT2D eigenvalue weighted by atomic mass is 35.5. The lowest BCUT2D eigenvalue weighted by molar-refractivity contribution is 0.0919. The number of fused-ring (bicyclic) bond motifs is 1. The second kappa shape index (κ2) is 8.83. The Bertz CT molecular complexity index is 731. The van der Waals surface area contributed by atoms with E-state index in [4.69, 9.17) is 0 Å². The van der Waals surface area contributed by atoms with Crippen LogP contribution in [0.2, 0.25) is 0 Å². The molecule has 25 heavy (non-hydrogen) atoms. The molecule has 6 nitrogen and oxygen atoms in total. The van der Waals surface area contributed by atoms with Crippen LogP contribution < -0.4 is 10.6 Å². The van der Waals surface area contributed by atoms with Gasteiger partial charge >= 0.3 is 0 Å². The molecule has 8 heteroatoms. The average Bonchev–Trinajstić information content (AvgIpc) is 2.91. The van der Waals surface area contributed by atoms with Gasteiger partial charge in [-0.2, -0.15) is 5.10 Å². The molecule has 3 heterocycles. The Morgan fingerprint density at radius 2 is 2.12 bits per heavy atom. The van der Waals surface area contributed by atoms with Crippen molar-refractivity contribution < 1.29 is 4.79 Å². The molecule has 2 unspecified atom stereocenters. The molecule has 1 fully saturated rings. The predicted molar refractivity (Wildman–Crippen MR) is 105 cm³/mol. The molecule has 1 aliphatic heterocycles. The van der Waals surface area contributed by atoms with Crippen LogP contribution in [0.25, 0.3) is 11.0 Å². The molecule has 1 amide bonds. The Morgan fingerprint density at radius 1 is 1.40 bits per heavy atom. The van der Waals surface area contributed by atoms with Gasteiger partial charge in [-0.1, -0.05) is 0 Å². The third-order valence-corrected chi connectivity index (χ3v) is 4.57. The van der Waals surface area contributed by atoms with Crippen LogP contribution >= 0.6 is 24.8 Å². The van der Waals surface area contributed by atoms with E-state index in [0.29, 0.717) is 11.6 Å². The van der Waals surface area contributed by atoms with Crippen molar-refractivity contribution in [3.63, 3.8) is 0 Å². The van der Waals surface area contributed by atoms with Gasteiger partial charge < -0.3 is 10.6 Å². The molecule has 1 saturated heterocycles. The SMILES string of the molecule is Cc1nc2c(cnn2C(C)C)cc1C(=O)NC1CCCNC1C.Cl.Cl. The maximum absolute atomic E-state index is 12.7. The van der Waals surface area contributed by atoms with E-state index in [1.165, 1.54) is 0 Å². The van der Waals surface area contributed by atoms with Gasteiger partial charge in [-0.25, -0.2) is 9.67 Å². The molecule has 0 spiro atoms. The average molecular weight is 388 g/mol. The van der Waals surface area contributed by atoms with Crippen LogP contribution in [0.4, 0.5) is 0 Å². The van der Waals surface area contributed by atoms with E-state index >= 15 is 0 Å². The Morgan fingerprint density at radius 3 is 2.76 bits per heavy atom. The van der Waals surface area contributed by atoms with Gasteiger partial charge in [0.15, 0.2) is 5.65 Å². The van der Waals surface area contributed by atoms with Crippen LogP contribution in [0.3, 0.4) is 0 Å². The Labute approximate surface area is 161 Å². The number of aryl methyl sites for hydroxylation is 1. The quantitative estimate of drug-likeness (QED) is 0.848. The first-order valence-electron chi connectivity index (χ1n) is 8.36. The van der Waals surface area contributed by atoms with Crippen molar-refractivity contribution in [1.29, 1.82) is 0 Å². The normalized spacial score (nSPS) is 20.0. The van der Waals surface area contributed by atoms with E-state index in [-0.39, 0.29) is 42.8 Å². The third-order valence-electron chi connectivity index (χ3n) is 4.57. The molecular weight excluding hydrogens is 361 g/mol. The number of nitrogens with zero attached hydrogens (tertiary/aromatic N) is 3. The molecule has 140 valence electrons. The number of pyridine rings is 1. The van der Waals surface area contributed by atoms with Gasteiger partial charge in [0, 0.05) is 23.5 Å². The summed E-state index contributed by atoms with van der Waals surface area (Å²) in [5.41, 5.74) is 2.22. The van der Waals surface area contributed by atoms with Crippen LogP contribution in [-0.4, -0.2) is 39.3 Å². The number of halogens is 2. The Kier molecular flexibility index (Phi) is 7.65. The van der Waals surface area contributed by atoms with Gasteiger partial charge in [0.05, 0.1) is 17.5 Å². The smallest absolute Gasteiger partial charge is 0.253 e. The van der Waals surface area contributed by atoms with Gasteiger partial charge in [0.2, 0.25) is 0 Å². The van der Waals surface area contributed by atoms with Gasteiger partial charge in [0.1, 0.15) is 0 Å². The standard InChI is InChI=1S/C17H25N5O.2ClH/c1-10(2)22-16-13(9-19-22)8-14(11(3)20-16)17(23)21-15-6-5-7-18-12(15)4;;/h8-10,12,15,18H,5-7H2,1-4H3,(H,21,23);2*1H. The highest BCUT2D eigenvalue weighted by molar-refractivity contribution is 5.98. The summed E-state index contributed by atoms with van der Waals surface area (Å²) in [4.78, 5) is 17.3. The van der Waals surface area contributed by atoms with Crippen LogP contribution in [0.15, 0.2) is 12.3 Å². The Balaban J connectivity index is 0.00000156. The number of hydrogen-bond donors (Lipinski definition) is 2. The zero-order chi connectivity index (χ0) is 16.6. The topological polar surface area (TPSA) is 71.8 Å². The fraction of sp³-hybridized carbons (Fsp3) is 0.588. The fourth-order valence-electron chi connectivity index (χ4n) is 3.16. The number of nitrogens with one attached hydrogen (secondary N) is 2. The van der Waals surface area contributed by atoms with E-state index in [2.05, 4.69) is 41.5 Å². The summed E-state index contributed by atoms with van der Waals surface area (Å²) in [6.07, 6.45) is 3.88. The first-order valence-corrected chi connectivity index (χ1v) is 8.36. The molecule has 0 bridgehead atoms. The van der Waals surface area contributed by atoms with Crippen molar-refractivity contribution in [1.82, 2.24) is 25.4 Å². The lowest BCUT2D eigenvalue weighted by Gasteiger charge is -2.30. The molecule has 0 saturated carbocycles. The summed E-state index contributed by atoms with van der Waals surface area (Å²) < 4.78 is 1.89. The minimum absolute atomic E-state index is 0. The summed E-state index contributed by atoms with van der Waals surface area (Å²) in [5, 5.41) is 11.8. The molecule has 1 aliphatic rings. The molecule has 2 aromatic rings. The van der Waals surface area contributed by atoms with Crippen molar-refractivity contribution in [3.8, 4) is 0 Å². The second-order valence-corrected chi connectivity index (χ2v) is 6.68. The molecular formula is C17H27Cl2N5O. The summed E-state index contributed by atoms with van der Waals surface area (Å²) in [6.45, 7) is 9.16. The van der Waals surface area contributed by atoms with E-state index in [0.717, 1.165) is 36.1 Å². The minimum Gasteiger partial charge on any atom is -0.348 e. The lowest BCUT2D eigenvalue weighted by Crippen LogP contribution is -2.52. The number of hydrogen-bond acceptors (Lipinski definition) is 4. The first-order chi connectivity index (χ1) is 11.0. The van der Waals surface area contributed by atoms with Gasteiger partial charge in [-0.15, -0.1) is 24.8 Å². The van der Waals surface area contributed by atoms with Crippen molar-refractivity contribution >= 4 is 41.8 Å². The van der Waals surface area contributed by atoms with Crippen molar-refractivity contribution in [2.45, 2.75) is 58.7 Å². The number of rotatable bonds is 3. The van der Waals surface area contributed by atoms with E-state index in [9.17, 15) is 4.79 Å². The predicted octanol–water partition coefficient (Wildman–Crippen LogP) is 3.03. The van der Waals surface area contributed by atoms with Crippen molar-refractivity contribution in [2.24, 2.45) is 0 Å². The maximum atomic E-state index is 12.7. The fourth-order valence-corrected chi connectivity index (χ4v) is 3.16. The van der Waals surface area contributed by atoms with Gasteiger partial charge in [-0.3, -0.25) is 4.79 Å². The number of carbonyl (C=O) groups excluding carboxylic acids is 1. The number of amides is 1. The lowest BCUT2D eigenvalue weighted by atomic mass is 9.99. The van der Waals surface area contributed by atoms with E-state index in [1.807, 2.05) is 17.7 Å². The van der Waals surface area contributed by atoms with Crippen molar-refractivity contribution in [3.05, 3.63) is 23.5 Å². The largest absolute Gasteiger partial charge is 0.348 e. The summed E-state index contributed by atoms with van der Waals surface area (Å²) in [6, 6.07) is 2.62. The van der Waals surface area contributed by atoms with E-state index in [1.54, 1.807) is 6.20 Å². The van der Waals surface area contributed by atoms with E-state index < -0.39 is 0 Å². The summed E-state index contributed by atoms with van der Waals surface area (Å²) in [7, 11) is 0. The van der Waals surface area contributed by atoms with Gasteiger partial charge in [0.25, 0.3) is 5.91 Å². The zero-order valence-electron chi connectivity index (χ0n) is 15.1. The molecule has 0 aromatic carbocycles. The van der Waals surface area contributed by atoms with Gasteiger partial charge in [-0.05, 0) is 53.1 Å². The highest BCUT2D eigenvalue weighted by Gasteiger charge is 2.24. The third kappa shape index (κ3) is 4.43. The van der Waals surface area contributed by atoms with Crippen LogP contribution in [0, 0.1) is 6.92 Å². The minimum atomic E-state index is -0.0465. The van der Waals surface area contributed by atoms with Crippen molar-refractivity contribution in [2.75, 3.05) is 6.54 Å². The molecule has 2 N–H and O–H groups in total. The summed E-state index contributed by atoms with van der Waals surface area (Å²) in [5.74, 6) is -0.0465. The number of aromatic nitrogens is 3. The maximum Gasteiger partial charge on any atom is 0.253 e. The molecule has 0 radical (unpaired) electrons. The van der Waals surface area contributed by atoms with Crippen LogP contribution in [0.1, 0.15) is 55.7 Å². The second-order valence-electron chi connectivity index (χ2n) is 6.68. The zero-order valence-corrected chi connectivity index (χ0v) is 16.7. The first kappa shape index (κ1) is 21.7. The Hall–Kier alpha value is -1.37. The molecule has 2 aromatic heterocycles. The summed E-state index contributed by atoms with van der Waals surface area (Å²) >= 11 is 0. The molecule has 2 atom stereocenters. The van der Waals surface area contributed by atoms with Crippen LogP contribution in [0.5, 0.6) is 0 Å². The highest BCUT2D eigenvalue weighted by Crippen LogP contribution is 2.20. The monoisotopic (exact) mass is 387 g/mol.